The molecule has 0 saturated carbocycles. The van der Waals surface area contributed by atoms with Crippen molar-refractivity contribution in [2.75, 3.05) is 41.8 Å². The van der Waals surface area contributed by atoms with Crippen molar-refractivity contribution in [3.63, 3.8) is 0 Å². The number of aryl methyl sites for hydroxylation is 1. The van der Waals surface area contributed by atoms with Crippen molar-refractivity contribution in [3.8, 4) is 5.75 Å². The molecule has 0 aliphatic carbocycles. The first-order valence-electron chi connectivity index (χ1n) is 6.56. The summed E-state index contributed by atoms with van der Waals surface area (Å²) in [4.78, 5) is 8.69. The Morgan fingerprint density at radius 2 is 1.63 bits per heavy atom. The number of guanidine groups is 1. The highest BCUT2D eigenvalue weighted by Crippen LogP contribution is 2.12. The van der Waals surface area contributed by atoms with Gasteiger partial charge in [-0.05, 0) is 30.5 Å². The lowest BCUT2D eigenvalue weighted by Crippen LogP contribution is -2.35. The van der Waals surface area contributed by atoms with E-state index >= 15 is 0 Å². The normalized spacial score (nSPS) is 9.95. The molecule has 0 saturated heterocycles. The van der Waals surface area contributed by atoms with Crippen molar-refractivity contribution in [3.05, 3.63) is 29.8 Å². The van der Waals surface area contributed by atoms with E-state index < -0.39 is 0 Å². The number of hydrogen-bond acceptors (Lipinski definition) is 2. The van der Waals surface area contributed by atoms with Gasteiger partial charge in [-0.2, -0.15) is 0 Å². The Bertz CT molecular complexity index is 386. The van der Waals surface area contributed by atoms with Crippen LogP contribution in [0.2, 0.25) is 0 Å². The molecule has 19 heavy (non-hydrogen) atoms. The molecule has 106 valence electrons. The van der Waals surface area contributed by atoms with Gasteiger partial charge >= 0.3 is 0 Å². The van der Waals surface area contributed by atoms with E-state index in [1.54, 1.807) is 7.11 Å². The third-order valence-electron chi connectivity index (χ3n) is 2.84. The van der Waals surface area contributed by atoms with Crippen LogP contribution < -0.4 is 4.74 Å². The first-order valence-corrected chi connectivity index (χ1v) is 6.56. The second-order valence-electron chi connectivity index (χ2n) is 4.92. The van der Waals surface area contributed by atoms with E-state index in [1.807, 2.05) is 50.1 Å². The van der Waals surface area contributed by atoms with E-state index in [-0.39, 0.29) is 0 Å². The molecule has 0 atom stereocenters. The maximum absolute atomic E-state index is 5.15. The number of ether oxygens (including phenoxy) is 1. The molecule has 0 spiro atoms. The van der Waals surface area contributed by atoms with Crippen LogP contribution in [-0.4, -0.2) is 57.6 Å². The number of aliphatic imine (C=N–C) groups is 1. The quantitative estimate of drug-likeness (QED) is 0.463. The molecule has 0 amide bonds. The molecule has 0 N–H and O–H groups in total. The highest BCUT2D eigenvalue weighted by Gasteiger charge is 2.03. The van der Waals surface area contributed by atoms with E-state index in [4.69, 9.17) is 4.74 Å². The van der Waals surface area contributed by atoms with Crippen molar-refractivity contribution in [2.24, 2.45) is 4.99 Å². The van der Waals surface area contributed by atoms with Gasteiger partial charge in [-0.3, -0.25) is 4.99 Å². The summed E-state index contributed by atoms with van der Waals surface area (Å²) in [5.74, 6) is 1.92. The predicted molar refractivity (Wildman–Crippen MR) is 81.0 cm³/mol. The predicted octanol–water partition coefficient (Wildman–Crippen LogP) is 2.11. The maximum Gasteiger partial charge on any atom is 0.195 e. The molecule has 0 aromatic heterocycles. The van der Waals surface area contributed by atoms with E-state index in [1.165, 1.54) is 5.56 Å². The summed E-state index contributed by atoms with van der Waals surface area (Å²) in [6, 6.07) is 8.23. The first kappa shape index (κ1) is 15.3. The lowest BCUT2D eigenvalue weighted by molar-refractivity contribution is 0.414. The van der Waals surface area contributed by atoms with Crippen molar-refractivity contribution in [1.82, 2.24) is 9.80 Å². The van der Waals surface area contributed by atoms with Gasteiger partial charge in [-0.15, -0.1) is 0 Å². The van der Waals surface area contributed by atoms with Crippen LogP contribution in [0.5, 0.6) is 5.75 Å². The maximum atomic E-state index is 5.15. The lowest BCUT2D eigenvalue weighted by Gasteiger charge is -2.22. The lowest BCUT2D eigenvalue weighted by atomic mass is 10.1. The van der Waals surface area contributed by atoms with E-state index in [0.29, 0.717) is 0 Å². The minimum atomic E-state index is 0.845. The smallest absolute Gasteiger partial charge is 0.195 e. The third kappa shape index (κ3) is 5.20. The average Bonchev–Trinajstić information content (AvgIpc) is 2.38. The van der Waals surface area contributed by atoms with E-state index in [2.05, 4.69) is 17.1 Å². The fourth-order valence-corrected chi connectivity index (χ4v) is 1.94. The molecule has 0 bridgehead atoms. The SMILES string of the molecule is COc1ccc(CCCN=C(N(C)C)N(C)C)cc1. The molecule has 4 heteroatoms. The zero-order valence-corrected chi connectivity index (χ0v) is 12.7. The number of hydrogen-bond donors (Lipinski definition) is 0. The number of nitrogens with zero attached hydrogens (tertiary/aromatic N) is 3. The van der Waals surface area contributed by atoms with E-state index in [9.17, 15) is 0 Å². The highest BCUT2D eigenvalue weighted by molar-refractivity contribution is 5.79. The van der Waals surface area contributed by atoms with Crippen LogP contribution >= 0.6 is 0 Å². The van der Waals surface area contributed by atoms with Crippen LogP contribution in [0.25, 0.3) is 0 Å². The molecule has 1 aromatic rings. The summed E-state index contributed by atoms with van der Waals surface area (Å²) >= 11 is 0. The van der Waals surface area contributed by atoms with Crippen molar-refractivity contribution >= 4 is 5.96 Å². The van der Waals surface area contributed by atoms with Gasteiger partial charge in [-0.25, -0.2) is 0 Å². The number of methoxy groups -OCH3 is 1. The fraction of sp³-hybridized carbons (Fsp3) is 0.533. The topological polar surface area (TPSA) is 28.1 Å². The minimum Gasteiger partial charge on any atom is -0.497 e. The van der Waals surface area contributed by atoms with E-state index in [0.717, 1.165) is 31.1 Å². The summed E-state index contributed by atoms with van der Waals surface area (Å²) in [5.41, 5.74) is 1.33. The summed E-state index contributed by atoms with van der Waals surface area (Å²) in [6.07, 6.45) is 2.10. The monoisotopic (exact) mass is 263 g/mol. The molecule has 0 fully saturated rings. The first-order chi connectivity index (χ1) is 9.04. The molecule has 1 rings (SSSR count). The fourth-order valence-electron chi connectivity index (χ4n) is 1.94. The Morgan fingerprint density at radius 1 is 1.05 bits per heavy atom. The van der Waals surface area contributed by atoms with Crippen molar-refractivity contribution in [2.45, 2.75) is 12.8 Å². The van der Waals surface area contributed by atoms with Gasteiger partial charge in [0.2, 0.25) is 0 Å². The molecule has 0 aliphatic heterocycles. The molecule has 0 radical (unpaired) electrons. The zero-order chi connectivity index (χ0) is 14.3. The minimum absolute atomic E-state index is 0.845. The van der Waals surface area contributed by atoms with Gasteiger partial charge in [0.15, 0.2) is 5.96 Å². The molecule has 4 nitrogen and oxygen atoms in total. The molecular formula is C15H25N3O. The van der Waals surface area contributed by atoms with Crippen LogP contribution in [0.4, 0.5) is 0 Å². The van der Waals surface area contributed by atoms with Gasteiger partial charge < -0.3 is 14.5 Å². The zero-order valence-electron chi connectivity index (χ0n) is 12.7. The van der Waals surface area contributed by atoms with Crippen LogP contribution in [0.1, 0.15) is 12.0 Å². The number of benzene rings is 1. The number of rotatable bonds is 5. The summed E-state index contributed by atoms with van der Waals surface area (Å²) in [7, 11) is 9.75. The van der Waals surface area contributed by atoms with Crippen LogP contribution in [0, 0.1) is 0 Å². The van der Waals surface area contributed by atoms with Gasteiger partial charge in [0.05, 0.1) is 7.11 Å². The van der Waals surface area contributed by atoms with Crippen LogP contribution in [-0.2, 0) is 6.42 Å². The van der Waals surface area contributed by atoms with Gasteiger partial charge in [0.1, 0.15) is 5.75 Å². The third-order valence-corrected chi connectivity index (χ3v) is 2.84. The summed E-state index contributed by atoms with van der Waals surface area (Å²) in [5, 5.41) is 0. The molecule has 1 aromatic carbocycles. The summed E-state index contributed by atoms with van der Waals surface area (Å²) in [6.45, 7) is 0.845. The standard InChI is InChI=1S/C15H25N3O/c1-17(2)15(18(3)4)16-12-6-7-13-8-10-14(19-5)11-9-13/h8-11H,6-7,12H2,1-5H3. The Balaban J connectivity index is 2.42. The van der Waals surface area contributed by atoms with Gasteiger partial charge in [-0.1, -0.05) is 12.1 Å². The Kier molecular flexibility index (Phi) is 6.19. The van der Waals surface area contributed by atoms with Crippen molar-refractivity contribution < 1.29 is 4.74 Å². The summed E-state index contributed by atoms with van der Waals surface area (Å²) < 4.78 is 5.15. The Labute approximate surface area is 116 Å². The molecule has 0 aliphatic rings. The molecular weight excluding hydrogens is 238 g/mol. The second-order valence-corrected chi connectivity index (χ2v) is 4.92. The van der Waals surface area contributed by atoms with Gasteiger partial charge in [0, 0.05) is 34.7 Å². The second kappa shape index (κ2) is 7.67. The average molecular weight is 263 g/mol. The molecule has 0 unspecified atom stereocenters. The Morgan fingerprint density at radius 3 is 2.11 bits per heavy atom. The molecule has 0 heterocycles. The van der Waals surface area contributed by atoms with Crippen LogP contribution in [0.3, 0.4) is 0 Å². The van der Waals surface area contributed by atoms with Crippen molar-refractivity contribution in [1.29, 1.82) is 0 Å². The Hall–Kier alpha value is -1.71. The van der Waals surface area contributed by atoms with Crippen LogP contribution in [0.15, 0.2) is 29.3 Å². The largest absolute Gasteiger partial charge is 0.497 e. The van der Waals surface area contributed by atoms with Gasteiger partial charge in [0.25, 0.3) is 0 Å². The highest BCUT2D eigenvalue weighted by atomic mass is 16.5.